The van der Waals surface area contributed by atoms with Crippen LogP contribution in [0.1, 0.15) is 20.7 Å². The number of aromatic nitrogens is 2. The molecule has 0 saturated carbocycles. The van der Waals surface area contributed by atoms with Crippen LogP contribution in [0, 0.1) is 0 Å². The van der Waals surface area contributed by atoms with Crippen LogP contribution in [-0.2, 0) is 0 Å². The van der Waals surface area contributed by atoms with Crippen LogP contribution in [0.25, 0.3) is 44.1 Å². The van der Waals surface area contributed by atoms with E-state index in [0.717, 1.165) is 59.6 Å². The first-order valence-electron chi connectivity index (χ1n) is 16.7. The first-order chi connectivity index (χ1) is 24.6. The number of nitrogens with zero attached hydrogens (tertiary/aromatic N) is 3. The van der Waals surface area contributed by atoms with E-state index in [2.05, 4.69) is 138 Å². The fraction of sp³-hybridized carbons (Fsp3) is 0.0227. The van der Waals surface area contributed by atoms with Crippen molar-refractivity contribution >= 4 is 57.4 Å². The molecule has 0 unspecified atom stereocenters. The number of pyridine rings is 1. The maximum atomic E-state index is 14.1. The number of imide groups is 1. The van der Waals surface area contributed by atoms with E-state index >= 15 is 0 Å². The van der Waals surface area contributed by atoms with E-state index in [9.17, 15) is 9.59 Å². The molecule has 0 spiro atoms. The number of hydrogen-bond donors (Lipinski definition) is 0. The van der Waals surface area contributed by atoms with Gasteiger partial charge in [0.15, 0.2) is 0 Å². The van der Waals surface area contributed by atoms with Crippen molar-refractivity contribution in [3.05, 3.63) is 181 Å². The Morgan fingerprint density at radius 2 is 0.960 bits per heavy atom. The van der Waals surface area contributed by atoms with Gasteiger partial charge < -0.3 is 4.23 Å². The molecular weight excluding hydrogens is 631 g/mol. The lowest BCUT2D eigenvalue weighted by molar-refractivity contribution is 0.0693. The van der Waals surface area contributed by atoms with Gasteiger partial charge in [-0.25, -0.2) is 0 Å². The molecule has 1 aliphatic heterocycles. The monoisotopic (exact) mass is 661 g/mol. The molecule has 5 nitrogen and oxygen atoms in total. The minimum Gasteiger partial charge on any atom is -0.355 e. The Balaban J connectivity index is 1.49. The maximum Gasteiger partial charge on any atom is 0.262 e. The van der Waals surface area contributed by atoms with Crippen LogP contribution in [0.15, 0.2) is 170 Å². The number of amides is 2. The molecule has 0 fully saturated rings. The molecule has 2 aromatic heterocycles. The van der Waals surface area contributed by atoms with Crippen LogP contribution in [0.4, 0.5) is 0 Å². The summed E-state index contributed by atoms with van der Waals surface area (Å²) in [5.74, 6) is -0.629. The standard InChI is InChI=1S/C44H31N3O2Si/c1-46-43(48)38-28-45-29-41(42(38)44(46)49)50(34-18-10-4-11-19-34,35-20-12-5-13-21-35)47-39-24-22-32(30-14-6-2-7-15-30)26-36(39)37-27-33(23-25-40(37)47)31-16-8-3-9-17-31/h2-29H,1H3. The Labute approximate surface area is 290 Å². The molecule has 2 amide bonds. The van der Waals surface area contributed by atoms with E-state index in [4.69, 9.17) is 4.98 Å². The predicted octanol–water partition coefficient (Wildman–Crippen LogP) is 7.26. The molecule has 0 aliphatic carbocycles. The molecule has 0 bridgehead atoms. The quantitative estimate of drug-likeness (QED) is 0.139. The molecule has 6 aromatic carbocycles. The second-order valence-corrected chi connectivity index (χ2v) is 16.3. The van der Waals surface area contributed by atoms with Crippen molar-refractivity contribution in [2.75, 3.05) is 7.05 Å². The van der Waals surface area contributed by atoms with Gasteiger partial charge in [0.1, 0.15) is 0 Å². The molecule has 0 N–H and O–H groups in total. The summed E-state index contributed by atoms with van der Waals surface area (Å²) in [6.07, 6.45) is 3.38. The van der Waals surface area contributed by atoms with Crippen molar-refractivity contribution in [2.24, 2.45) is 0 Å². The highest BCUT2D eigenvalue weighted by Crippen LogP contribution is 2.38. The Kier molecular flexibility index (Phi) is 6.93. The van der Waals surface area contributed by atoms with Crippen LogP contribution in [0.2, 0.25) is 0 Å². The summed E-state index contributed by atoms with van der Waals surface area (Å²) in [6.45, 7) is 0. The lowest BCUT2D eigenvalue weighted by atomic mass is 10.0. The number of hydrogen-bond acceptors (Lipinski definition) is 3. The van der Waals surface area contributed by atoms with Crippen LogP contribution in [0.3, 0.4) is 0 Å². The average molecular weight is 662 g/mol. The van der Waals surface area contributed by atoms with E-state index in [1.807, 2.05) is 30.5 Å². The summed E-state index contributed by atoms with van der Waals surface area (Å²) in [7, 11) is -1.92. The van der Waals surface area contributed by atoms with Gasteiger partial charge in [0.05, 0.1) is 11.1 Å². The lowest BCUT2D eigenvalue weighted by Gasteiger charge is -2.37. The predicted molar refractivity (Wildman–Crippen MR) is 204 cm³/mol. The van der Waals surface area contributed by atoms with Gasteiger partial charge in [0.25, 0.3) is 20.0 Å². The smallest absolute Gasteiger partial charge is 0.262 e. The van der Waals surface area contributed by atoms with Gasteiger partial charge in [-0.15, -0.1) is 0 Å². The second-order valence-electron chi connectivity index (χ2n) is 12.8. The molecule has 1 aliphatic rings. The van der Waals surface area contributed by atoms with E-state index in [-0.39, 0.29) is 11.8 Å². The Bertz CT molecular complexity index is 2450. The van der Waals surface area contributed by atoms with Crippen LogP contribution in [-0.4, -0.2) is 41.2 Å². The normalized spacial score (nSPS) is 12.9. The van der Waals surface area contributed by atoms with E-state index in [1.54, 1.807) is 13.2 Å². The van der Waals surface area contributed by atoms with Crippen molar-refractivity contribution in [3.63, 3.8) is 0 Å². The Morgan fingerprint density at radius 1 is 0.500 bits per heavy atom. The molecule has 0 radical (unpaired) electrons. The maximum absolute atomic E-state index is 14.1. The molecule has 0 atom stereocenters. The molecule has 3 heterocycles. The number of carbonyl (C=O) groups is 2. The molecular formula is C44H31N3O2Si. The van der Waals surface area contributed by atoms with Gasteiger partial charge in [-0.05, 0) is 56.9 Å². The zero-order chi connectivity index (χ0) is 33.8. The van der Waals surface area contributed by atoms with Crippen molar-refractivity contribution in [3.8, 4) is 22.3 Å². The zero-order valence-electron chi connectivity index (χ0n) is 27.3. The van der Waals surface area contributed by atoms with Gasteiger partial charge in [0, 0.05) is 46.4 Å². The largest absolute Gasteiger partial charge is 0.355 e. The summed E-state index contributed by atoms with van der Waals surface area (Å²) in [5.41, 5.74) is 7.40. The second kappa shape index (κ2) is 11.6. The van der Waals surface area contributed by atoms with Crippen LogP contribution >= 0.6 is 0 Å². The first kappa shape index (κ1) is 29.7. The highest BCUT2D eigenvalue weighted by molar-refractivity contribution is 7.11. The molecule has 238 valence electrons. The molecule has 50 heavy (non-hydrogen) atoms. The van der Waals surface area contributed by atoms with Crippen LogP contribution < -0.4 is 15.6 Å². The first-order valence-corrected chi connectivity index (χ1v) is 18.6. The van der Waals surface area contributed by atoms with Crippen molar-refractivity contribution < 1.29 is 9.59 Å². The summed E-state index contributed by atoms with van der Waals surface area (Å²) in [5, 5.41) is 5.17. The van der Waals surface area contributed by atoms with Crippen LogP contribution in [0.5, 0.6) is 0 Å². The molecule has 9 rings (SSSR count). The third-order valence-electron chi connectivity index (χ3n) is 10.1. The highest BCUT2D eigenvalue weighted by atomic mass is 28.3. The van der Waals surface area contributed by atoms with Gasteiger partial charge in [-0.2, -0.15) is 0 Å². The third kappa shape index (κ3) is 4.35. The SMILES string of the molecule is CN1C(=O)c2cncc([Si](c3ccccc3)(c3ccccc3)n3c4ccc(-c5ccccc5)cc4c4cc(-c5ccccc5)ccc43)c2C1=O. The number of carbonyl (C=O) groups excluding carboxylic acids is 2. The van der Waals surface area contributed by atoms with Gasteiger partial charge in [-0.1, -0.05) is 133 Å². The Morgan fingerprint density at radius 3 is 1.44 bits per heavy atom. The topological polar surface area (TPSA) is 55.2 Å². The van der Waals surface area contributed by atoms with Crippen molar-refractivity contribution in [1.82, 2.24) is 14.1 Å². The molecule has 6 heteroatoms. The minimum absolute atomic E-state index is 0.301. The third-order valence-corrected chi connectivity index (χ3v) is 14.7. The van der Waals surface area contributed by atoms with Crippen molar-refractivity contribution in [1.29, 1.82) is 0 Å². The number of benzene rings is 6. The summed E-state index contributed by atoms with van der Waals surface area (Å²) in [6, 6.07) is 55.3. The van der Waals surface area contributed by atoms with E-state index in [1.165, 1.54) is 4.90 Å². The van der Waals surface area contributed by atoms with Gasteiger partial charge in [0.2, 0.25) is 0 Å². The fourth-order valence-corrected chi connectivity index (χ4v) is 12.8. The fourth-order valence-electron chi connectivity index (χ4n) is 7.79. The summed E-state index contributed by atoms with van der Waals surface area (Å²) < 4.78 is 2.50. The number of fused-ring (bicyclic) bond motifs is 4. The minimum atomic E-state index is -3.47. The molecule has 0 saturated heterocycles. The van der Waals surface area contributed by atoms with Gasteiger partial charge >= 0.3 is 0 Å². The van der Waals surface area contributed by atoms with E-state index in [0.29, 0.717) is 11.1 Å². The molecule has 8 aromatic rings. The zero-order valence-corrected chi connectivity index (χ0v) is 28.3. The number of rotatable bonds is 6. The van der Waals surface area contributed by atoms with E-state index < -0.39 is 8.24 Å². The highest BCUT2D eigenvalue weighted by Gasteiger charge is 2.50. The van der Waals surface area contributed by atoms with Gasteiger partial charge in [-0.3, -0.25) is 19.5 Å². The van der Waals surface area contributed by atoms with Crippen molar-refractivity contribution in [2.45, 2.75) is 0 Å². The Hall–Kier alpha value is -6.37. The lowest BCUT2D eigenvalue weighted by Crippen LogP contribution is -2.73. The summed E-state index contributed by atoms with van der Waals surface area (Å²) in [4.78, 5) is 33.5. The summed E-state index contributed by atoms with van der Waals surface area (Å²) >= 11 is 0. The average Bonchev–Trinajstić information content (AvgIpc) is 3.63.